The number of carboxylic acid groups (broad SMARTS) is 1. The number of amides is 12. The summed E-state index contributed by atoms with van der Waals surface area (Å²) < 4.78 is 5.88. The fraction of sp³-hybridized carbons (Fsp3) is 0.472. The van der Waals surface area contributed by atoms with E-state index in [1.54, 1.807) is 80.6 Å². The summed E-state index contributed by atoms with van der Waals surface area (Å²) >= 11 is 0. The summed E-state index contributed by atoms with van der Waals surface area (Å²) in [6.07, 6.45) is 0.198. The van der Waals surface area contributed by atoms with Gasteiger partial charge in [0.1, 0.15) is 89.5 Å². The Morgan fingerprint density at radius 3 is 1.46 bits per heavy atom. The highest BCUT2D eigenvalue weighted by Crippen LogP contribution is 2.27. The molecule has 0 radical (unpaired) electrons. The average Bonchev–Trinajstić information content (AvgIpc) is 1.76. The van der Waals surface area contributed by atoms with Gasteiger partial charge in [0, 0.05) is 39.0 Å². The molecule has 12 amide bonds. The summed E-state index contributed by atoms with van der Waals surface area (Å²) in [7, 11) is 0. The van der Waals surface area contributed by atoms with Crippen molar-refractivity contribution >= 4 is 82.8 Å². The van der Waals surface area contributed by atoms with Gasteiger partial charge in [-0.2, -0.15) is 0 Å². The number of aliphatic hydroxyl groups excluding tert-OH is 2. The second-order valence-corrected chi connectivity index (χ2v) is 26.8. The van der Waals surface area contributed by atoms with E-state index in [-0.39, 0.29) is 95.0 Å². The van der Waals surface area contributed by atoms with Crippen molar-refractivity contribution in [3.05, 3.63) is 120 Å². The van der Waals surface area contributed by atoms with Crippen LogP contribution in [-0.4, -0.2) is 235 Å². The van der Waals surface area contributed by atoms with E-state index in [1.165, 1.54) is 53.1 Å². The van der Waals surface area contributed by atoms with Crippen LogP contribution in [0.25, 0.3) is 0 Å². The predicted molar refractivity (Wildman–Crippen MR) is 384 cm³/mol. The summed E-state index contributed by atoms with van der Waals surface area (Å²) in [6.45, 7) is 2.58. The Morgan fingerprint density at radius 1 is 0.486 bits per heavy atom. The van der Waals surface area contributed by atoms with E-state index in [0.717, 1.165) is 4.90 Å². The number of hydrogen-bond donors (Lipinski definition) is 17. The first-order valence-electron chi connectivity index (χ1n) is 35.2. The van der Waals surface area contributed by atoms with Crippen LogP contribution in [0.15, 0.2) is 108 Å². The van der Waals surface area contributed by atoms with E-state index in [2.05, 4.69) is 47.5 Å². The Bertz CT molecular complexity index is 3830. The molecule has 12 atom stereocenters. The molecule has 3 aliphatic heterocycles. The van der Waals surface area contributed by atoms with Crippen molar-refractivity contribution < 1.29 is 92.6 Å². The highest BCUT2D eigenvalue weighted by molar-refractivity contribution is 6.00. The van der Waals surface area contributed by atoms with Crippen LogP contribution in [0.5, 0.6) is 23.0 Å². The van der Waals surface area contributed by atoms with Gasteiger partial charge >= 0.3 is 5.97 Å². The summed E-state index contributed by atoms with van der Waals surface area (Å²) in [4.78, 5) is 188. The quantitative estimate of drug-likeness (QED) is 0.0120. The number of aromatic hydroxyl groups is 2. The zero-order valence-electron chi connectivity index (χ0n) is 59.6. The molecule has 0 bridgehead atoms. The molecular formula is C72H96N16O19. The Balaban J connectivity index is 1.02. The molecule has 3 fully saturated rings. The maximum Gasteiger partial charge on any atom is 0.305 e. The minimum absolute atomic E-state index is 0.00529. The highest BCUT2D eigenvalue weighted by Gasteiger charge is 2.44. The Hall–Kier alpha value is -11.5. The third kappa shape index (κ3) is 24.0. The number of hydrogen-bond acceptors (Lipinski definition) is 20. The van der Waals surface area contributed by atoms with Gasteiger partial charge in [0.2, 0.25) is 70.9 Å². The number of carbonyl (C=O) groups is 13. The van der Waals surface area contributed by atoms with Gasteiger partial charge in [-0.05, 0) is 136 Å². The van der Waals surface area contributed by atoms with Crippen molar-refractivity contribution in [3.63, 3.8) is 0 Å². The Labute approximate surface area is 616 Å². The number of ether oxygens (including phenoxy) is 1. The lowest BCUT2D eigenvalue weighted by Gasteiger charge is -2.32. The second-order valence-electron chi connectivity index (χ2n) is 26.8. The van der Waals surface area contributed by atoms with Crippen molar-refractivity contribution in [1.82, 2.24) is 57.2 Å². The monoisotopic (exact) mass is 1490 g/mol. The molecule has 35 heteroatoms. The number of likely N-dealkylation sites (tertiary alicyclic amines) is 3. The molecule has 0 saturated carbocycles. The second kappa shape index (κ2) is 39.6. The Kier molecular flexibility index (Phi) is 30.6. The number of aliphatic carboxylic acids is 1. The largest absolute Gasteiger partial charge is 0.508 e. The normalized spacial score (nSPS) is 17.9. The van der Waals surface area contributed by atoms with Gasteiger partial charge in [0.25, 0.3) is 0 Å². The minimum atomic E-state index is -1.97. The van der Waals surface area contributed by atoms with Crippen LogP contribution in [0.3, 0.4) is 0 Å². The van der Waals surface area contributed by atoms with Crippen molar-refractivity contribution in [2.24, 2.45) is 33.8 Å². The fourth-order valence-corrected chi connectivity index (χ4v) is 12.7. The number of aliphatic hydroxyl groups is 2. The summed E-state index contributed by atoms with van der Waals surface area (Å²) in [5.41, 5.74) is 24.4. The maximum atomic E-state index is 14.9. The molecule has 4 aromatic carbocycles. The van der Waals surface area contributed by atoms with Crippen molar-refractivity contribution in [2.75, 3.05) is 39.4 Å². The molecular weight excluding hydrogens is 1390 g/mol. The first-order valence-corrected chi connectivity index (χ1v) is 35.2. The molecule has 107 heavy (non-hydrogen) atoms. The fourth-order valence-electron chi connectivity index (χ4n) is 12.7. The number of primary amides is 1. The molecule has 3 aliphatic rings. The van der Waals surface area contributed by atoms with E-state index < -0.39 is 175 Å². The number of guanidine groups is 1. The van der Waals surface area contributed by atoms with E-state index >= 15 is 0 Å². The number of nitrogens with one attached hydrogen (secondary N) is 8. The number of phenolic OH excluding ortho intramolecular Hbond substituents is 2. The van der Waals surface area contributed by atoms with Crippen LogP contribution in [0, 0.1) is 5.92 Å². The molecule has 35 nitrogen and oxygen atoms in total. The van der Waals surface area contributed by atoms with E-state index in [9.17, 15) is 87.9 Å². The van der Waals surface area contributed by atoms with Gasteiger partial charge in [-0.3, -0.25) is 67.3 Å². The smallest absolute Gasteiger partial charge is 0.305 e. The summed E-state index contributed by atoms with van der Waals surface area (Å²) in [5, 5.41) is 70.3. The SMILES string of the molecule is CC(C)[C@H](NC(=O)[C@H](CO)NC(=O)[C@H](CC(=O)O)NC(=O)[C@@H]1CCCN1C(=O)[C@H](Cc1ccc(Oc2ccc(O)cc2)cc1)NC(=O)[C@H](C)NC(=O)[C@H](CO)NC(=O)[C@@H](N)Cc1ccc(O)cc1)C(=O)N1CCC[C@H]1C(=O)N[C@@H](Cc1ccccc1)C(=O)N[C@@H](CCCN=C(N)N)C(=O)N1CCC[C@H]1C(N)=O. The summed E-state index contributed by atoms with van der Waals surface area (Å²) in [5.74, 6) is -12.4. The van der Waals surface area contributed by atoms with Crippen LogP contribution in [0.1, 0.15) is 95.2 Å². The van der Waals surface area contributed by atoms with Crippen LogP contribution < -0.4 is 70.2 Å². The zero-order chi connectivity index (χ0) is 78.2. The van der Waals surface area contributed by atoms with Gasteiger partial charge in [-0.25, -0.2) is 0 Å². The number of benzene rings is 4. The summed E-state index contributed by atoms with van der Waals surface area (Å²) in [6, 6.07) is 9.58. The molecule has 21 N–H and O–H groups in total. The maximum absolute atomic E-state index is 14.9. The average molecular weight is 1490 g/mol. The molecule has 0 aliphatic carbocycles. The molecule has 0 aromatic heterocycles. The van der Waals surface area contributed by atoms with Gasteiger partial charge in [0.15, 0.2) is 5.96 Å². The lowest BCUT2D eigenvalue weighted by Crippen LogP contribution is -2.62. The number of nitrogens with two attached hydrogens (primary N) is 4. The number of rotatable bonds is 37. The minimum Gasteiger partial charge on any atom is -0.508 e. The van der Waals surface area contributed by atoms with Gasteiger partial charge in [0.05, 0.1) is 25.7 Å². The van der Waals surface area contributed by atoms with Crippen molar-refractivity contribution in [2.45, 2.75) is 170 Å². The molecule has 0 spiro atoms. The molecule has 578 valence electrons. The number of aliphatic imine (C=N–C) groups is 1. The zero-order valence-corrected chi connectivity index (χ0v) is 59.6. The standard InChI is InChI=1S/C72H96N16O19/c1-39(2)59(71(106)88-32-10-16-57(88)68(103)80-50(34-41-11-5-4-6-12-41)63(98)79-49(13-7-29-77-72(75)76)69(104)86-30-8-14-55(86)60(74)95)85-66(101)54(38-90)84-64(99)51(36-58(93)94)81-67(102)56-15-9-31-87(56)70(105)52(35-43-19-25-46(26-20-43)107-47-27-23-45(92)24-28-47)82-61(96)40(3)78-65(100)53(37-89)83-62(97)48(73)33-42-17-21-44(91)22-18-42/h4-6,11-12,17-28,39-40,48-57,59,89-92H,7-10,13-16,29-38,73H2,1-3H3,(H2,74,95)(H,78,100)(H,79,98)(H,80,103)(H,81,102)(H,82,96)(H,83,97)(H,84,99)(H,85,101)(H,93,94)(H4,75,76,77)/t40-,48-,49-,50-,51-,52-,53-,54-,55-,56-,57-,59-/m0/s1. The molecule has 7 rings (SSSR count). The van der Waals surface area contributed by atoms with E-state index in [4.69, 9.17) is 27.7 Å². The third-order valence-corrected chi connectivity index (χ3v) is 18.4. The first kappa shape index (κ1) is 82.8. The van der Waals surface area contributed by atoms with Crippen LogP contribution in [-0.2, 0) is 81.6 Å². The molecule has 4 aromatic rings. The van der Waals surface area contributed by atoms with Crippen LogP contribution in [0.2, 0.25) is 0 Å². The topological polar surface area (TPSA) is 555 Å². The molecule has 0 unspecified atom stereocenters. The van der Waals surface area contributed by atoms with Crippen LogP contribution in [0.4, 0.5) is 0 Å². The molecule has 3 heterocycles. The van der Waals surface area contributed by atoms with Crippen molar-refractivity contribution in [3.8, 4) is 23.0 Å². The van der Waals surface area contributed by atoms with Crippen LogP contribution >= 0.6 is 0 Å². The number of phenols is 2. The van der Waals surface area contributed by atoms with Gasteiger partial charge < -0.3 is 110 Å². The third-order valence-electron chi connectivity index (χ3n) is 18.4. The number of carboxylic acids is 1. The van der Waals surface area contributed by atoms with Gasteiger partial charge in [-0.15, -0.1) is 0 Å². The van der Waals surface area contributed by atoms with E-state index in [0.29, 0.717) is 47.5 Å². The number of nitrogens with zero attached hydrogens (tertiary/aromatic N) is 4. The lowest BCUT2D eigenvalue weighted by molar-refractivity contribution is -0.145. The van der Waals surface area contributed by atoms with Gasteiger partial charge in [-0.1, -0.05) is 68.4 Å². The van der Waals surface area contributed by atoms with Crippen molar-refractivity contribution in [1.29, 1.82) is 0 Å². The molecule has 3 saturated heterocycles. The lowest BCUT2D eigenvalue weighted by atomic mass is 10.0. The first-order chi connectivity index (χ1) is 50.9. The highest BCUT2D eigenvalue weighted by atomic mass is 16.5. The predicted octanol–water partition coefficient (Wildman–Crippen LogP) is -3.23. The Morgan fingerprint density at radius 2 is 0.916 bits per heavy atom. The number of carbonyl (C=O) groups excluding carboxylic acids is 12. The van der Waals surface area contributed by atoms with E-state index in [1.807, 2.05) is 0 Å².